The summed E-state index contributed by atoms with van der Waals surface area (Å²) >= 11 is 3.10. The lowest BCUT2D eigenvalue weighted by Gasteiger charge is -2.19. The lowest BCUT2D eigenvalue weighted by atomic mass is 10.2. The van der Waals surface area contributed by atoms with Crippen molar-refractivity contribution in [1.29, 1.82) is 0 Å². The Morgan fingerprint density at radius 2 is 2.04 bits per heavy atom. The van der Waals surface area contributed by atoms with E-state index in [9.17, 15) is 18.0 Å². The van der Waals surface area contributed by atoms with Crippen molar-refractivity contribution in [2.75, 3.05) is 0 Å². The monoisotopic (exact) mass is 394 g/mol. The number of hydrogen-bond donors (Lipinski definition) is 2. The standard InChI is InChI=1S/C13H14BrF3N4O2/c1-12(2,3)23-11(22)18-5-7-9-6(10(14)21-20-9)4-8(19-7)13(15,16)17/h4H,5H2,1-3H3,(H,18,22)(H,20,21). The van der Waals surface area contributed by atoms with Gasteiger partial charge in [0.2, 0.25) is 0 Å². The summed E-state index contributed by atoms with van der Waals surface area (Å²) in [6, 6.07) is 0.889. The molecule has 0 aliphatic rings. The molecule has 0 aromatic carbocycles. The van der Waals surface area contributed by atoms with Crippen molar-refractivity contribution in [3.05, 3.63) is 22.1 Å². The molecule has 0 unspecified atom stereocenters. The quantitative estimate of drug-likeness (QED) is 0.812. The number of ether oxygens (including phenoxy) is 1. The highest BCUT2D eigenvalue weighted by atomic mass is 79.9. The predicted molar refractivity (Wildman–Crippen MR) is 79.7 cm³/mol. The Balaban J connectivity index is 2.31. The summed E-state index contributed by atoms with van der Waals surface area (Å²) in [4.78, 5) is 15.2. The Morgan fingerprint density at radius 1 is 1.39 bits per heavy atom. The van der Waals surface area contributed by atoms with Crippen molar-refractivity contribution in [2.24, 2.45) is 0 Å². The summed E-state index contributed by atoms with van der Waals surface area (Å²) in [6.07, 6.45) is -5.36. The minimum absolute atomic E-state index is 0.0114. The zero-order valence-corrected chi connectivity index (χ0v) is 14.1. The number of nitrogens with one attached hydrogen (secondary N) is 2. The summed E-state index contributed by atoms with van der Waals surface area (Å²) in [5.41, 5.74) is -1.55. The number of alkyl halides is 3. The van der Waals surface area contributed by atoms with Crippen LogP contribution in [0.1, 0.15) is 32.2 Å². The number of rotatable bonds is 2. The smallest absolute Gasteiger partial charge is 0.433 e. The average molecular weight is 395 g/mol. The molecule has 0 aliphatic heterocycles. The van der Waals surface area contributed by atoms with E-state index in [0.29, 0.717) is 4.60 Å². The van der Waals surface area contributed by atoms with Gasteiger partial charge in [-0.15, -0.1) is 0 Å². The molecule has 1 amide bonds. The minimum Gasteiger partial charge on any atom is -0.444 e. The Labute approximate surface area is 137 Å². The van der Waals surface area contributed by atoms with Crippen LogP contribution < -0.4 is 5.32 Å². The molecule has 126 valence electrons. The van der Waals surface area contributed by atoms with Crippen LogP contribution in [0.4, 0.5) is 18.0 Å². The van der Waals surface area contributed by atoms with E-state index in [2.05, 4.69) is 36.4 Å². The number of halogens is 4. The molecule has 2 N–H and O–H groups in total. The van der Waals surface area contributed by atoms with E-state index in [4.69, 9.17) is 4.74 Å². The molecule has 0 saturated heterocycles. The van der Waals surface area contributed by atoms with Gasteiger partial charge in [-0.1, -0.05) is 0 Å². The van der Waals surface area contributed by atoms with Gasteiger partial charge in [-0.2, -0.15) is 18.3 Å². The fraction of sp³-hybridized carbons (Fsp3) is 0.462. The molecular weight excluding hydrogens is 381 g/mol. The van der Waals surface area contributed by atoms with Gasteiger partial charge in [-0.25, -0.2) is 9.78 Å². The molecule has 0 atom stereocenters. The average Bonchev–Trinajstić information content (AvgIpc) is 2.75. The first-order valence-corrected chi connectivity index (χ1v) is 7.34. The summed E-state index contributed by atoms with van der Waals surface area (Å²) in [5.74, 6) is 0. The second-order valence-electron chi connectivity index (χ2n) is 5.74. The van der Waals surface area contributed by atoms with E-state index in [-0.39, 0.29) is 23.1 Å². The van der Waals surface area contributed by atoms with Gasteiger partial charge in [0.1, 0.15) is 21.4 Å². The number of alkyl carbamates (subject to hydrolysis) is 1. The van der Waals surface area contributed by atoms with Gasteiger partial charge in [0.15, 0.2) is 0 Å². The molecule has 0 fully saturated rings. The van der Waals surface area contributed by atoms with Crippen molar-refractivity contribution in [1.82, 2.24) is 20.5 Å². The molecule has 23 heavy (non-hydrogen) atoms. The van der Waals surface area contributed by atoms with Crippen LogP contribution >= 0.6 is 15.9 Å². The molecule has 0 aliphatic carbocycles. The van der Waals surface area contributed by atoms with Crippen LogP contribution in [0.5, 0.6) is 0 Å². The zero-order valence-electron chi connectivity index (χ0n) is 12.5. The molecule has 2 rings (SSSR count). The van der Waals surface area contributed by atoms with E-state index in [1.54, 1.807) is 20.8 Å². The van der Waals surface area contributed by atoms with Crippen LogP contribution in [-0.2, 0) is 17.5 Å². The third-order valence-corrected chi connectivity index (χ3v) is 3.26. The van der Waals surface area contributed by atoms with Crippen molar-refractivity contribution < 1.29 is 22.7 Å². The maximum absolute atomic E-state index is 12.9. The zero-order chi connectivity index (χ0) is 17.4. The number of H-pyrrole nitrogens is 1. The van der Waals surface area contributed by atoms with E-state index in [0.717, 1.165) is 6.07 Å². The lowest BCUT2D eigenvalue weighted by Crippen LogP contribution is -2.32. The molecule has 10 heteroatoms. The largest absolute Gasteiger partial charge is 0.444 e. The van der Waals surface area contributed by atoms with Gasteiger partial charge in [-0.3, -0.25) is 5.10 Å². The third-order valence-electron chi connectivity index (χ3n) is 2.66. The lowest BCUT2D eigenvalue weighted by molar-refractivity contribution is -0.141. The number of carbonyl (C=O) groups excluding carboxylic acids is 1. The van der Waals surface area contributed by atoms with E-state index >= 15 is 0 Å². The molecule has 0 spiro atoms. The molecule has 0 bridgehead atoms. The first kappa shape index (κ1) is 17.5. The number of aromatic nitrogens is 3. The van der Waals surface area contributed by atoms with Crippen molar-refractivity contribution in [3.8, 4) is 0 Å². The second kappa shape index (κ2) is 5.99. The predicted octanol–water partition coefficient (Wildman–Crippen LogP) is 3.76. The maximum Gasteiger partial charge on any atom is 0.433 e. The van der Waals surface area contributed by atoms with Gasteiger partial charge >= 0.3 is 12.3 Å². The highest BCUT2D eigenvalue weighted by Gasteiger charge is 2.34. The molecule has 0 radical (unpaired) electrons. The van der Waals surface area contributed by atoms with E-state index in [1.165, 1.54) is 0 Å². The molecule has 2 aromatic rings. The van der Waals surface area contributed by atoms with Crippen LogP contribution in [-0.4, -0.2) is 26.9 Å². The number of aromatic amines is 1. The summed E-state index contributed by atoms with van der Waals surface area (Å²) < 4.78 is 44.1. The number of nitrogens with zero attached hydrogens (tertiary/aromatic N) is 2. The molecule has 2 aromatic heterocycles. The van der Waals surface area contributed by atoms with Gasteiger partial charge in [0.05, 0.1) is 12.2 Å². The fourth-order valence-corrected chi connectivity index (χ4v) is 2.18. The number of pyridine rings is 1. The Kier molecular flexibility index (Phi) is 4.56. The van der Waals surface area contributed by atoms with Crippen molar-refractivity contribution >= 4 is 32.9 Å². The van der Waals surface area contributed by atoms with Crippen molar-refractivity contribution in [3.63, 3.8) is 0 Å². The minimum atomic E-state index is -4.61. The molecule has 0 saturated carbocycles. The summed E-state index contributed by atoms with van der Waals surface area (Å²) in [5, 5.41) is 9.04. The second-order valence-corrected chi connectivity index (χ2v) is 6.53. The number of hydrogen-bond acceptors (Lipinski definition) is 4. The van der Waals surface area contributed by atoms with Crippen LogP contribution in [0.25, 0.3) is 10.9 Å². The Bertz CT molecular complexity index is 737. The third kappa shape index (κ3) is 4.34. The first-order chi connectivity index (χ1) is 10.5. The topological polar surface area (TPSA) is 79.9 Å². The summed E-state index contributed by atoms with van der Waals surface area (Å²) in [6.45, 7) is 4.79. The highest BCUT2D eigenvalue weighted by molar-refractivity contribution is 9.10. The van der Waals surface area contributed by atoms with E-state index in [1.807, 2.05) is 0 Å². The molecule has 6 nitrogen and oxygen atoms in total. The van der Waals surface area contributed by atoms with Gasteiger partial charge in [0, 0.05) is 5.39 Å². The van der Waals surface area contributed by atoms with Crippen LogP contribution in [0.3, 0.4) is 0 Å². The number of amides is 1. The SMILES string of the molecule is CC(C)(C)OC(=O)NCc1nc(C(F)(F)F)cc2c(Br)[nH]nc12. The van der Waals surface area contributed by atoms with Gasteiger partial charge < -0.3 is 10.1 Å². The highest BCUT2D eigenvalue weighted by Crippen LogP contribution is 2.32. The fourth-order valence-electron chi connectivity index (χ4n) is 1.79. The number of fused-ring (bicyclic) bond motifs is 1. The number of carbonyl (C=O) groups is 1. The summed E-state index contributed by atoms with van der Waals surface area (Å²) in [7, 11) is 0. The Hall–Kier alpha value is -1.84. The van der Waals surface area contributed by atoms with Crippen LogP contribution in [0.15, 0.2) is 10.7 Å². The Morgan fingerprint density at radius 3 is 2.61 bits per heavy atom. The maximum atomic E-state index is 12.9. The molecule has 2 heterocycles. The van der Waals surface area contributed by atoms with Crippen LogP contribution in [0.2, 0.25) is 0 Å². The van der Waals surface area contributed by atoms with Crippen LogP contribution in [0, 0.1) is 0 Å². The first-order valence-electron chi connectivity index (χ1n) is 6.55. The van der Waals surface area contributed by atoms with Gasteiger partial charge in [-0.05, 0) is 42.8 Å². The molecular formula is C13H14BrF3N4O2. The van der Waals surface area contributed by atoms with Gasteiger partial charge in [0.25, 0.3) is 0 Å². The van der Waals surface area contributed by atoms with Crippen molar-refractivity contribution in [2.45, 2.75) is 39.1 Å². The normalized spacial score (nSPS) is 12.5. The van der Waals surface area contributed by atoms with E-state index < -0.39 is 23.6 Å².